The van der Waals surface area contributed by atoms with Crippen LogP contribution in [0.3, 0.4) is 0 Å². The second-order valence-corrected chi connectivity index (χ2v) is 5.75. The molecule has 3 nitrogen and oxygen atoms in total. The second kappa shape index (κ2) is 5.87. The third-order valence-electron chi connectivity index (χ3n) is 3.57. The summed E-state index contributed by atoms with van der Waals surface area (Å²) in [6.45, 7) is 6.75. The van der Waals surface area contributed by atoms with Gasteiger partial charge < -0.3 is 4.74 Å². The second-order valence-electron chi connectivity index (χ2n) is 5.39. The smallest absolute Gasteiger partial charge is 0.221 e. The van der Waals surface area contributed by atoms with Crippen LogP contribution in [0.4, 0.5) is 0 Å². The van der Waals surface area contributed by atoms with Crippen molar-refractivity contribution < 1.29 is 4.74 Å². The minimum Gasteiger partial charge on any atom is -0.477 e. The molecule has 0 aliphatic heterocycles. The van der Waals surface area contributed by atoms with Gasteiger partial charge in [0.05, 0.1) is 6.61 Å². The zero-order valence-electron chi connectivity index (χ0n) is 11.4. The van der Waals surface area contributed by atoms with E-state index in [1.165, 1.54) is 19.3 Å². The fraction of sp³-hybridized carbons (Fsp3) is 0.714. The highest BCUT2D eigenvalue weighted by Gasteiger charge is 2.18. The van der Waals surface area contributed by atoms with Crippen LogP contribution in [0.15, 0.2) is 0 Å². The Hall–Kier alpha value is -0.830. The largest absolute Gasteiger partial charge is 0.477 e. The lowest BCUT2D eigenvalue weighted by Crippen LogP contribution is -2.15. The molecule has 1 saturated carbocycles. The summed E-state index contributed by atoms with van der Waals surface area (Å²) in [6.07, 6.45) is 5.20. The molecule has 1 heterocycles. The maximum absolute atomic E-state index is 6.11. The Bertz CT molecular complexity index is 417. The normalized spacial score (nSPS) is 15.8. The first-order valence-electron chi connectivity index (χ1n) is 6.74. The average molecular weight is 269 g/mol. The highest BCUT2D eigenvalue weighted by molar-refractivity contribution is 6.30. The van der Waals surface area contributed by atoms with Crippen molar-refractivity contribution in [2.75, 3.05) is 6.61 Å². The molecule has 1 aromatic heterocycles. The molecule has 1 aliphatic carbocycles. The topological polar surface area (TPSA) is 35.0 Å². The molecule has 18 heavy (non-hydrogen) atoms. The molecule has 0 atom stereocenters. The standard InChI is InChI=1S/C14H21ClN2O/c1-9(2)13-16-12(15)10(3)14(17-13)18-8-7-11-5-4-6-11/h9,11H,4-8H2,1-3H3. The van der Waals surface area contributed by atoms with Crippen molar-refractivity contribution in [1.82, 2.24) is 9.97 Å². The zero-order valence-corrected chi connectivity index (χ0v) is 12.1. The zero-order chi connectivity index (χ0) is 13.1. The van der Waals surface area contributed by atoms with Crippen molar-refractivity contribution in [3.63, 3.8) is 0 Å². The van der Waals surface area contributed by atoms with E-state index in [1.54, 1.807) is 0 Å². The van der Waals surface area contributed by atoms with Gasteiger partial charge in [0.2, 0.25) is 5.88 Å². The fourth-order valence-corrected chi connectivity index (χ4v) is 2.16. The van der Waals surface area contributed by atoms with E-state index in [0.29, 0.717) is 11.0 Å². The summed E-state index contributed by atoms with van der Waals surface area (Å²) >= 11 is 6.11. The van der Waals surface area contributed by atoms with Gasteiger partial charge in [-0.3, -0.25) is 0 Å². The van der Waals surface area contributed by atoms with Crippen LogP contribution in [0, 0.1) is 12.8 Å². The van der Waals surface area contributed by atoms with E-state index in [9.17, 15) is 0 Å². The molecule has 100 valence electrons. The lowest BCUT2D eigenvalue weighted by Gasteiger charge is -2.25. The summed E-state index contributed by atoms with van der Waals surface area (Å²) in [5, 5.41) is 0.507. The Morgan fingerprint density at radius 3 is 2.61 bits per heavy atom. The monoisotopic (exact) mass is 268 g/mol. The van der Waals surface area contributed by atoms with Crippen LogP contribution in [-0.4, -0.2) is 16.6 Å². The first kappa shape index (κ1) is 13.6. The number of ether oxygens (including phenoxy) is 1. The molecule has 0 aromatic carbocycles. The van der Waals surface area contributed by atoms with E-state index in [0.717, 1.165) is 30.3 Å². The van der Waals surface area contributed by atoms with Gasteiger partial charge in [0, 0.05) is 11.5 Å². The highest BCUT2D eigenvalue weighted by Crippen LogP contribution is 2.30. The molecular weight excluding hydrogens is 248 g/mol. The minimum absolute atomic E-state index is 0.261. The Kier molecular flexibility index (Phi) is 4.44. The molecule has 0 saturated heterocycles. The van der Waals surface area contributed by atoms with Crippen molar-refractivity contribution >= 4 is 11.6 Å². The van der Waals surface area contributed by atoms with Gasteiger partial charge in [0.1, 0.15) is 11.0 Å². The van der Waals surface area contributed by atoms with Crippen LogP contribution in [0.1, 0.15) is 56.8 Å². The molecule has 0 spiro atoms. The third-order valence-corrected chi connectivity index (χ3v) is 3.93. The van der Waals surface area contributed by atoms with Crippen molar-refractivity contribution in [3.8, 4) is 5.88 Å². The van der Waals surface area contributed by atoms with Gasteiger partial charge in [-0.15, -0.1) is 0 Å². The number of aromatic nitrogens is 2. The lowest BCUT2D eigenvalue weighted by atomic mass is 9.83. The first-order chi connectivity index (χ1) is 8.58. The molecule has 0 bridgehead atoms. The molecule has 1 fully saturated rings. The summed E-state index contributed by atoms with van der Waals surface area (Å²) in [5.74, 6) is 2.52. The van der Waals surface area contributed by atoms with Crippen molar-refractivity contribution in [2.45, 2.75) is 52.4 Å². The van der Waals surface area contributed by atoms with Crippen LogP contribution in [0.5, 0.6) is 5.88 Å². The van der Waals surface area contributed by atoms with Crippen LogP contribution in [0.2, 0.25) is 5.15 Å². The van der Waals surface area contributed by atoms with Crippen molar-refractivity contribution in [2.24, 2.45) is 5.92 Å². The molecule has 4 heteroatoms. The van der Waals surface area contributed by atoms with Crippen LogP contribution >= 0.6 is 11.6 Å². The van der Waals surface area contributed by atoms with E-state index in [1.807, 2.05) is 6.92 Å². The molecule has 0 unspecified atom stereocenters. The Labute approximate surface area is 114 Å². The van der Waals surface area contributed by atoms with E-state index in [-0.39, 0.29) is 5.92 Å². The number of nitrogens with zero attached hydrogens (tertiary/aromatic N) is 2. The summed E-state index contributed by atoms with van der Waals surface area (Å²) in [7, 11) is 0. The Morgan fingerprint density at radius 2 is 2.06 bits per heavy atom. The molecular formula is C14H21ClN2O. The predicted molar refractivity (Wildman–Crippen MR) is 73.3 cm³/mol. The van der Waals surface area contributed by atoms with Gasteiger partial charge in [0.25, 0.3) is 0 Å². The van der Waals surface area contributed by atoms with E-state index in [4.69, 9.17) is 16.3 Å². The SMILES string of the molecule is Cc1c(Cl)nc(C(C)C)nc1OCCC1CCC1. The molecule has 0 amide bonds. The Morgan fingerprint density at radius 1 is 1.33 bits per heavy atom. The van der Waals surface area contributed by atoms with E-state index < -0.39 is 0 Å². The number of halogens is 1. The van der Waals surface area contributed by atoms with Gasteiger partial charge in [0.15, 0.2) is 0 Å². The van der Waals surface area contributed by atoms with Gasteiger partial charge in [-0.1, -0.05) is 44.7 Å². The van der Waals surface area contributed by atoms with Gasteiger partial charge in [-0.25, -0.2) is 4.98 Å². The Balaban J connectivity index is 2.00. The lowest BCUT2D eigenvalue weighted by molar-refractivity contribution is 0.216. The molecule has 2 rings (SSSR count). The summed E-state index contributed by atoms with van der Waals surface area (Å²) in [4.78, 5) is 8.73. The summed E-state index contributed by atoms with van der Waals surface area (Å²) in [6, 6.07) is 0. The van der Waals surface area contributed by atoms with Gasteiger partial charge in [-0.05, 0) is 19.3 Å². The minimum atomic E-state index is 0.261. The van der Waals surface area contributed by atoms with E-state index >= 15 is 0 Å². The fourth-order valence-electron chi connectivity index (χ4n) is 1.99. The predicted octanol–water partition coefficient (Wildman–Crippen LogP) is 4.13. The number of hydrogen-bond donors (Lipinski definition) is 0. The molecule has 0 N–H and O–H groups in total. The molecule has 1 aromatic rings. The third kappa shape index (κ3) is 3.14. The highest BCUT2D eigenvalue weighted by atomic mass is 35.5. The maximum atomic E-state index is 6.11. The van der Waals surface area contributed by atoms with Gasteiger partial charge >= 0.3 is 0 Å². The van der Waals surface area contributed by atoms with Crippen LogP contribution in [0.25, 0.3) is 0 Å². The van der Waals surface area contributed by atoms with Crippen molar-refractivity contribution in [1.29, 1.82) is 0 Å². The molecule has 1 aliphatic rings. The first-order valence-corrected chi connectivity index (χ1v) is 7.12. The maximum Gasteiger partial charge on any atom is 0.221 e. The van der Waals surface area contributed by atoms with Gasteiger partial charge in [-0.2, -0.15) is 4.98 Å². The molecule has 0 radical (unpaired) electrons. The average Bonchev–Trinajstić information content (AvgIpc) is 2.26. The van der Waals surface area contributed by atoms with Crippen molar-refractivity contribution in [3.05, 3.63) is 16.5 Å². The number of hydrogen-bond acceptors (Lipinski definition) is 3. The summed E-state index contributed by atoms with van der Waals surface area (Å²) in [5.41, 5.74) is 0.842. The van der Waals surface area contributed by atoms with Crippen LogP contribution < -0.4 is 4.74 Å². The van der Waals surface area contributed by atoms with Crippen LogP contribution in [-0.2, 0) is 0 Å². The quantitative estimate of drug-likeness (QED) is 0.753. The number of rotatable bonds is 5. The van der Waals surface area contributed by atoms with E-state index in [2.05, 4.69) is 23.8 Å². The summed E-state index contributed by atoms with van der Waals surface area (Å²) < 4.78 is 5.78.